The highest BCUT2D eigenvalue weighted by Crippen LogP contribution is 2.43. The number of amides is 2. The van der Waals surface area contributed by atoms with Crippen LogP contribution in [0.3, 0.4) is 0 Å². The number of methoxy groups -OCH3 is 1. The maximum absolute atomic E-state index is 13.3. The minimum absolute atomic E-state index is 0.0382. The van der Waals surface area contributed by atoms with Crippen LogP contribution in [0.1, 0.15) is 55.2 Å². The summed E-state index contributed by atoms with van der Waals surface area (Å²) >= 11 is 6.18. The van der Waals surface area contributed by atoms with E-state index in [0.717, 1.165) is 12.7 Å². The Morgan fingerprint density at radius 2 is 1.91 bits per heavy atom. The first-order valence-corrected chi connectivity index (χ1v) is 10.6. The molecule has 3 rings (SSSR count). The molecule has 0 heterocycles. The Bertz CT molecular complexity index is 1050. The van der Waals surface area contributed by atoms with Gasteiger partial charge in [0.25, 0.3) is 0 Å². The maximum atomic E-state index is 13.3. The van der Waals surface area contributed by atoms with Crippen molar-refractivity contribution in [1.82, 2.24) is 5.32 Å². The minimum Gasteiger partial charge on any atom is -0.494 e. The average molecular weight is 487 g/mol. The second kappa shape index (κ2) is 9.04. The number of hydrogen-bond donors (Lipinski definition) is 4. The summed E-state index contributed by atoms with van der Waals surface area (Å²) in [5.41, 5.74) is 0.656. The Kier molecular flexibility index (Phi) is 6.89. The van der Waals surface area contributed by atoms with E-state index in [9.17, 15) is 28.2 Å². The lowest BCUT2D eigenvalue weighted by Gasteiger charge is -2.26. The SMILES string of the molecule is COc1c(NC(=O)N[C@@H]2Cc3c(Cl)cccc3[C@@H]2O)cc(C(C)(C)C)cc1[C@H](O)C(F)(F)F. The number of hydrogen-bond acceptors (Lipinski definition) is 4. The van der Waals surface area contributed by atoms with Crippen LogP contribution in [-0.4, -0.2) is 35.6 Å². The van der Waals surface area contributed by atoms with Gasteiger partial charge in [-0.3, -0.25) is 0 Å². The summed E-state index contributed by atoms with van der Waals surface area (Å²) in [5, 5.41) is 26.1. The van der Waals surface area contributed by atoms with Gasteiger partial charge in [0, 0.05) is 10.6 Å². The number of anilines is 1. The fourth-order valence-electron chi connectivity index (χ4n) is 3.86. The molecule has 0 aromatic heterocycles. The van der Waals surface area contributed by atoms with Crippen LogP contribution in [0.25, 0.3) is 0 Å². The minimum atomic E-state index is -4.93. The van der Waals surface area contributed by atoms with Gasteiger partial charge in [-0.15, -0.1) is 0 Å². The summed E-state index contributed by atoms with van der Waals surface area (Å²) in [6.45, 7) is 5.37. The van der Waals surface area contributed by atoms with Crippen LogP contribution in [0.2, 0.25) is 5.02 Å². The van der Waals surface area contributed by atoms with E-state index in [1.54, 1.807) is 39.0 Å². The Morgan fingerprint density at radius 3 is 2.45 bits per heavy atom. The molecule has 0 unspecified atom stereocenters. The highest BCUT2D eigenvalue weighted by molar-refractivity contribution is 6.31. The van der Waals surface area contributed by atoms with Crippen molar-refractivity contribution in [3.63, 3.8) is 0 Å². The molecule has 0 bridgehead atoms. The van der Waals surface area contributed by atoms with Crippen molar-refractivity contribution in [2.24, 2.45) is 0 Å². The molecule has 3 atom stereocenters. The number of benzene rings is 2. The second-order valence-electron chi connectivity index (χ2n) is 9.00. The summed E-state index contributed by atoms with van der Waals surface area (Å²) in [6.07, 6.45) is -8.43. The van der Waals surface area contributed by atoms with Crippen LogP contribution < -0.4 is 15.4 Å². The van der Waals surface area contributed by atoms with Crippen molar-refractivity contribution in [3.8, 4) is 5.75 Å². The predicted octanol–water partition coefficient (Wildman–Crippen LogP) is 5.02. The largest absolute Gasteiger partial charge is 0.494 e. The Morgan fingerprint density at radius 1 is 1.24 bits per heavy atom. The zero-order valence-electron chi connectivity index (χ0n) is 18.5. The lowest BCUT2D eigenvalue weighted by Crippen LogP contribution is -2.40. The number of rotatable bonds is 4. The van der Waals surface area contributed by atoms with Crippen LogP contribution in [0.4, 0.5) is 23.7 Å². The van der Waals surface area contributed by atoms with Gasteiger partial charge in [-0.1, -0.05) is 44.5 Å². The van der Waals surface area contributed by atoms with Gasteiger partial charge >= 0.3 is 12.2 Å². The third-order valence-corrected chi connectivity index (χ3v) is 5.99. The molecule has 2 aromatic rings. The Labute approximate surface area is 194 Å². The van der Waals surface area contributed by atoms with Gasteiger partial charge in [0.1, 0.15) is 5.75 Å². The Balaban J connectivity index is 1.91. The quantitative estimate of drug-likeness (QED) is 0.488. The van der Waals surface area contributed by atoms with E-state index in [1.807, 2.05) is 0 Å². The molecule has 0 fully saturated rings. The smallest absolute Gasteiger partial charge is 0.418 e. The molecular formula is C23H26ClF3N2O4. The monoisotopic (exact) mass is 486 g/mol. The van der Waals surface area contributed by atoms with Gasteiger partial charge in [0.2, 0.25) is 0 Å². The summed E-state index contributed by atoms with van der Waals surface area (Å²) < 4.78 is 45.1. The molecular weight excluding hydrogens is 461 g/mol. The third kappa shape index (κ3) is 5.20. The molecule has 2 aromatic carbocycles. The van der Waals surface area contributed by atoms with Gasteiger partial charge in [-0.25, -0.2) is 4.79 Å². The van der Waals surface area contributed by atoms with E-state index >= 15 is 0 Å². The molecule has 4 N–H and O–H groups in total. The summed E-state index contributed by atoms with van der Waals surface area (Å²) in [7, 11) is 1.15. The molecule has 0 aliphatic heterocycles. The third-order valence-electron chi connectivity index (χ3n) is 5.64. The van der Waals surface area contributed by atoms with E-state index in [4.69, 9.17) is 16.3 Å². The highest BCUT2D eigenvalue weighted by Gasteiger charge is 2.42. The molecule has 6 nitrogen and oxygen atoms in total. The molecule has 1 aliphatic carbocycles. The Hall–Kier alpha value is -2.49. The topological polar surface area (TPSA) is 90.8 Å². The van der Waals surface area contributed by atoms with Crippen LogP contribution >= 0.6 is 11.6 Å². The van der Waals surface area contributed by atoms with Crippen molar-refractivity contribution in [3.05, 3.63) is 57.6 Å². The first-order valence-electron chi connectivity index (χ1n) is 10.2. The fraction of sp³-hybridized carbons (Fsp3) is 0.435. The van der Waals surface area contributed by atoms with E-state index in [1.165, 1.54) is 12.1 Å². The average Bonchev–Trinajstić information content (AvgIpc) is 3.02. The molecule has 0 saturated heterocycles. The van der Waals surface area contributed by atoms with Crippen molar-refractivity contribution in [2.75, 3.05) is 12.4 Å². The maximum Gasteiger partial charge on any atom is 0.418 e. The lowest BCUT2D eigenvalue weighted by molar-refractivity contribution is -0.207. The number of alkyl halides is 3. The highest BCUT2D eigenvalue weighted by atomic mass is 35.5. The van der Waals surface area contributed by atoms with Gasteiger partial charge in [0.05, 0.1) is 24.9 Å². The van der Waals surface area contributed by atoms with E-state index in [0.29, 0.717) is 22.6 Å². The van der Waals surface area contributed by atoms with E-state index in [2.05, 4.69) is 10.6 Å². The van der Waals surface area contributed by atoms with Crippen molar-refractivity contribution >= 4 is 23.3 Å². The standard InChI is InChI=1S/C23H26ClF3N2O4/c1-22(2,3)11-8-14(20(31)23(25,26)27)19(33-4)17(9-11)29-21(32)28-16-10-13-12(18(16)30)6-5-7-15(13)24/h5-9,16,18,20,30-31H,10H2,1-4H3,(H2,28,29,32)/t16-,18+,20+/m1/s1. The van der Waals surface area contributed by atoms with E-state index in [-0.39, 0.29) is 11.4 Å². The lowest BCUT2D eigenvalue weighted by atomic mass is 9.84. The number of aliphatic hydroxyl groups is 2. The molecule has 2 amide bonds. The molecule has 0 saturated carbocycles. The summed E-state index contributed by atoms with van der Waals surface area (Å²) in [6, 6.07) is 6.39. The molecule has 180 valence electrons. The summed E-state index contributed by atoms with van der Waals surface area (Å²) in [5.74, 6) is -0.304. The zero-order chi connectivity index (χ0) is 24.7. The predicted molar refractivity (Wildman–Crippen MR) is 119 cm³/mol. The van der Waals surface area contributed by atoms with Crippen LogP contribution in [-0.2, 0) is 11.8 Å². The number of urea groups is 1. The molecule has 10 heteroatoms. The van der Waals surface area contributed by atoms with Gasteiger partial charge < -0.3 is 25.6 Å². The molecule has 0 spiro atoms. The zero-order valence-corrected chi connectivity index (χ0v) is 19.3. The van der Waals surface area contributed by atoms with Crippen LogP contribution in [0.15, 0.2) is 30.3 Å². The van der Waals surface area contributed by atoms with Crippen molar-refractivity contribution in [1.29, 1.82) is 0 Å². The number of fused-ring (bicyclic) bond motifs is 1. The van der Waals surface area contributed by atoms with Gasteiger partial charge in [0.15, 0.2) is 6.10 Å². The number of ether oxygens (including phenoxy) is 1. The number of carbonyl (C=O) groups excluding carboxylic acids is 1. The molecule has 0 radical (unpaired) electrons. The number of nitrogens with one attached hydrogen (secondary N) is 2. The number of aliphatic hydroxyl groups excluding tert-OH is 2. The number of halogens is 4. The molecule has 1 aliphatic rings. The fourth-order valence-corrected chi connectivity index (χ4v) is 4.12. The van der Waals surface area contributed by atoms with Gasteiger partial charge in [-0.2, -0.15) is 13.2 Å². The van der Waals surface area contributed by atoms with Crippen molar-refractivity contribution in [2.45, 2.75) is 57.0 Å². The molecule has 33 heavy (non-hydrogen) atoms. The van der Waals surface area contributed by atoms with Crippen LogP contribution in [0, 0.1) is 0 Å². The first kappa shape index (κ1) is 25.1. The van der Waals surface area contributed by atoms with Crippen LogP contribution in [0.5, 0.6) is 5.75 Å². The van der Waals surface area contributed by atoms with Crippen molar-refractivity contribution < 1.29 is 32.9 Å². The second-order valence-corrected chi connectivity index (χ2v) is 9.41. The summed E-state index contributed by atoms with van der Waals surface area (Å²) in [4.78, 5) is 12.8. The van der Waals surface area contributed by atoms with Gasteiger partial charge in [-0.05, 0) is 46.7 Å². The number of carbonyl (C=O) groups is 1. The first-order chi connectivity index (χ1) is 15.2. The van der Waals surface area contributed by atoms with E-state index < -0.39 is 41.4 Å². The normalized spacial score (nSPS) is 19.1.